The lowest BCUT2D eigenvalue weighted by atomic mass is 9.94. The zero-order valence-corrected chi connectivity index (χ0v) is 18.8. The van der Waals surface area contributed by atoms with Crippen molar-refractivity contribution in [2.75, 3.05) is 17.2 Å². The minimum atomic E-state index is -0.649. The number of pyridine rings is 1. The number of rotatable bonds is 2. The predicted octanol–water partition coefficient (Wildman–Crippen LogP) is 3.63. The Morgan fingerprint density at radius 2 is 2.06 bits per heavy atom. The van der Waals surface area contributed by atoms with Crippen LogP contribution in [-0.4, -0.2) is 38.7 Å². The van der Waals surface area contributed by atoms with E-state index in [9.17, 15) is 14.8 Å². The summed E-state index contributed by atoms with van der Waals surface area (Å²) in [5.41, 5.74) is 7.68. The number of nitrogens with two attached hydrogens (primary N) is 1. The molecule has 0 aliphatic carbocycles. The number of ether oxygens (including phenoxy) is 1. The zero-order chi connectivity index (χ0) is 23.7. The van der Waals surface area contributed by atoms with Gasteiger partial charge in [0.25, 0.3) is 0 Å². The van der Waals surface area contributed by atoms with Gasteiger partial charge in [0.1, 0.15) is 16.6 Å². The molecule has 6 rings (SSSR count). The van der Waals surface area contributed by atoms with Gasteiger partial charge in [-0.05, 0) is 24.5 Å². The smallest absolute Gasteiger partial charge is 0.226 e. The summed E-state index contributed by atoms with van der Waals surface area (Å²) in [5, 5.41) is 20.6. The quantitative estimate of drug-likeness (QED) is 0.446. The first-order valence-corrected chi connectivity index (χ1v) is 11.5. The molecule has 0 spiro atoms. The number of thiophene rings is 1. The molecule has 5 heterocycles. The van der Waals surface area contributed by atoms with E-state index in [4.69, 9.17) is 10.5 Å². The molecule has 3 aromatic heterocycles. The van der Waals surface area contributed by atoms with E-state index in [1.807, 2.05) is 17.9 Å². The summed E-state index contributed by atoms with van der Waals surface area (Å²) >= 11 is 0.932. The molecule has 1 fully saturated rings. The van der Waals surface area contributed by atoms with Crippen molar-refractivity contribution in [1.29, 1.82) is 5.26 Å². The molecule has 3 N–H and O–H groups in total. The second kappa shape index (κ2) is 7.53. The van der Waals surface area contributed by atoms with Crippen molar-refractivity contribution >= 4 is 43.3 Å². The predicted molar refractivity (Wildman–Crippen MR) is 123 cm³/mol. The second-order valence-corrected chi connectivity index (χ2v) is 9.53. The zero-order valence-electron chi connectivity index (χ0n) is 18.0. The minimum absolute atomic E-state index is 0.0671. The Hall–Kier alpha value is -3.46. The van der Waals surface area contributed by atoms with Crippen LogP contribution in [0, 0.1) is 23.0 Å². The number of hydrogen-bond acceptors (Lipinski definition) is 9. The number of anilines is 2. The molecular formula is C23H18F2N6O2S. The maximum absolute atomic E-state index is 16.3. The van der Waals surface area contributed by atoms with E-state index < -0.39 is 17.7 Å². The number of aromatic nitrogens is 3. The molecule has 0 saturated carbocycles. The maximum atomic E-state index is 16.3. The van der Waals surface area contributed by atoms with Crippen molar-refractivity contribution in [3.05, 3.63) is 40.7 Å². The summed E-state index contributed by atoms with van der Waals surface area (Å²) in [6, 6.07) is 1.80. The van der Waals surface area contributed by atoms with Gasteiger partial charge < -0.3 is 20.5 Å². The van der Waals surface area contributed by atoms with Gasteiger partial charge in [-0.25, -0.2) is 18.7 Å². The monoisotopic (exact) mass is 480 g/mol. The first-order chi connectivity index (χ1) is 16.4. The van der Waals surface area contributed by atoms with Gasteiger partial charge in [0, 0.05) is 29.1 Å². The van der Waals surface area contributed by atoms with Crippen LogP contribution in [0.3, 0.4) is 0 Å². The number of halogens is 2. The fraction of sp³-hybridized carbons (Fsp3) is 0.304. The van der Waals surface area contributed by atoms with Gasteiger partial charge >= 0.3 is 0 Å². The lowest BCUT2D eigenvalue weighted by Crippen LogP contribution is -2.33. The molecule has 11 heteroatoms. The standard InChI is InChI=1S/C23H18F2N6O2S/c1-9-15(32)2-3-31(9)23-29-5-11-12-7-33-8-13(12)16(18(25)19(11)30-23)20-17-10(4-26)22(27)34-21(17)14(24)6-28-20/h5-6,9,15,32H,2-3,7-8,27H2,1H3/t9-,15+/m0/s1. The SMILES string of the molecule is C[C@H]1[C@H](O)CCN1c1ncc2c3c(c(-c4ncc(F)c5sc(N)c(C#N)c45)c(F)c2n1)COC3. The van der Waals surface area contributed by atoms with Gasteiger partial charge in [-0.2, -0.15) is 5.26 Å². The van der Waals surface area contributed by atoms with Crippen LogP contribution in [0.15, 0.2) is 12.4 Å². The van der Waals surface area contributed by atoms with E-state index in [2.05, 4.69) is 15.0 Å². The Morgan fingerprint density at radius 3 is 2.79 bits per heavy atom. The van der Waals surface area contributed by atoms with Gasteiger partial charge in [-0.1, -0.05) is 0 Å². The highest BCUT2D eigenvalue weighted by Gasteiger charge is 2.33. The molecule has 34 heavy (non-hydrogen) atoms. The number of nitrogens with zero attached hydrogens (tertiary/aromatic N) is 5. The van der Waals surface area contributed by atoms with Crippen LogP contribution in [0.4, 0.5) is 19.7 Å². The molecule has 0 amide bonds. The average Bonchev–Trinajstić information content (AvgIpc) is 3.53. The normalized spacial score (nSPS) is 19.8. The Bertz CT molecular complexity index is 1550. The number of aliphatic hydroxyl groups is 1. The van der Waals surface area contributed by atoms with Crippen molar-refractivity contribution in [1.82, 2.24) is 15.0 Å². The number of benzene rings is 1. The highest BCUT2D eigenvalue weighted by Crippen LogP contribution is 2.45. The van der Waals surface area contributed by atoms with Crippen LogP contribution in [0.2, 0.25) is 0 Å². The van der Waals surface area contributed by atoms with Crippen LogP contribution in [0.1, 0.15) is 30.0 Å². The Labute approximate surface area is 196 Å². The summed E-state index contributed by atoms with van der Waals surface area (Å²) in [5.74, 6) is -0.962. The molecular weight excluding hydrogens is 462 g/mol. The Morgan fingerprint density at radius 1 is 1.26 bits per heavy atom. The highest BCUT2D eigenvalue weighted by molar-refractivity contribution is 7.23. The molecule has 172 valence electrons. The van der Waals surface area contributed by atoms with Crippen LogP contribution < -0.4 is 10.6 Å². The van der Waals surface area contributed by atoms with Gasteiger partial charge in [0.2, 0.25) is 5.95 Å². The molecule has 1 saturated heterocycles. The molecule has 2 aliphatic heterocycles. The average molecular weight is 481 g/mol. The molecule has 0 unspecified atom stereocenters. The summed E-state index contributed by atoms with van der Waals surface area (Å²) in [7, 11) is 0. The minimum Gasteiger partial charge on any atom is -0.391 e. The molecule has 0 bridgehead atoms. The lowest BCUT2D eigenvalue weighted by Gasteiger charge is -2.23. The summed E-state index contributed by atoms with van der Waals surface area (Å²) in [6.45, 7) is 2.79. The summed E-state index contributed by atoms with van der Waals surface area (Å²) in [6.07, 6.45) is 2.65. The molecule has 2 aliphatic rings. The largest absolute Gasteiger partial charge is 0.391 e. The fourth-order valence-corrected chi connectivity index (χ4v) is 5.80. The van der Waals surface area contributed by atoms with Crippen LogP contribution in [-0.2, 0) is 18.0 Å². The molecule has 1 aromatic carbocycles. The first kappa shape index (κ1) is 21.1. The molecule has 0 radical (unpaired) electrons. The highest BCUT2D eigenvalue weighted by atomic mass is 32.1. The van der Waals surface area contributed by atoms with Crippen molar-refractivity contribution in [3.8, 4) is 17.3 Å². The van der Waals surface area contributed by atoms with Gasteiger partial charge in [0.05, 0.1) is 47.5 Å². The topological polar surface area (TPSA) is 121 Å². The van der Waals surface area contributed by atoms with Crippen LogP contribution in [0.5, 0.6) is 0 Å². The summed E-state index contributed by atoms with van der Waals surface area (Å²) in [4.78, 5) is 15.0. The van der Waals surface area contributed by atoms with Crippen molar-refractivity contribution < 1.29 is 18.6 Å². The third kappa shape index (κ3) is 2.82. The first-order valence-electron chi connectivity index (χ1n) is 10.7. The molecule has 4 aromatic rings. The molecule has 8 nitrogen and oxygen atoms in total. The van der Waals surface area contributed by atoms with E-state index in [0.29, 0.717) is 29.9 Å². The number of nitriles is 1. The number of aliphatic hydroxyl groups excluding tert-OH is 1. The number of nitrogen functional groups attached to an aromatic ring is 1. The van der Waals surface area contributed by atoms with E-state index in [1.165, 1.54) is 0 Å². The number of fused-ring (bicyclic) bond motifs is 4. The van der Waals surface area contributed by atoms with E-state index >= 15 is 4.39 Å². The maximum Gasteiger partial charge on any atom is 0.226 e. The molecule has 2 atom stereocenters. The third-order valence-corrected chi connectivity index (χ3v) is 7.73. The second-order valence-electron chi connectivity index (χ2n) is 8.47. The summed E-state index contributed by atoms with van der Waals surface area (Å²) < 4.78 is 36.6. The van der Waals surface area contributed by atoms with Crippen LogP contribution in [0.25, 0.3) is 32.2 Å². The van der Waals surface area contributed by atoms with Crippen LogP contribution >= 0.6 is 11.3 Å². The Balaban J connectivity index is 1.66. The third-order valence-electron chi connectivity index (χ3n) is 6.70. The Kier molecular flexibility index (Phi) is 4.67. The van der Waals surface area contributed by atoms with E-state index in [-0.39, 0.29) is 56.7 Å². The van der Waals surface area contributed by atoms with Gasteiger partial charge in [-0.15, -0.1) is 11.3 Å². The lowest BCUT2D eigenvalue weighted by molar-refractivity contribution is 0.135. The van der Waals surface area contributed by atoms with Crippen molar-refractivity contribution in [2.24, 2.45) is 0 Å². The van der Waals surface area contributed by atoms with Gasteiger partial charge in [-0.3, -0.25) is 4.98 Å². The van der Waals surface area contributed by atoms with E-state index in [1.54, 1.807) is 6.20 Å². The van der Waals surface area contributed by atoms with Crippen molar-refractivity contribution in [2.45, 2.75) is 38.7 Å². The fourth-order valence-electron chi connectivity index (χ4n) is 4.88. The number of hydrogen-bond donors (Lipinski definition) is 2. The van der Waals surface area contributed by atoms with Gasteiger partial charge in [0.15, 0.2) is 11.6 Å². The van der Waals surface area contributed by atoms with Crippen molar-refractivity contribution in [3.63, 3.8) is 0 Å². The van der Waals surface area contributed by atoms with E-state index in [0.717, 1.165) is 23.1 Å².